The van der Waals surface area contributed by atoms with Gasteiger partial charge in [-0.05, 0) is 42.8 Å². The Balaban J connectivity index is 1.42. The number of anilines is 1. The molecule has 5 nitrogen and oxygen atoms in total. The van der Waals surface area contributed by atoms with Crippen molar-refractivity contribution < 1.29 is 9.18 Å². The number of hydrogen-bond donors (Lipinski definition) is 0. The van der Waals surface area contributed by atoms with Gasteiger partial charge >= 0.3 is 0 Å². The smallest absolute Gasteiger partial charge is 0.255 e. The van der Waals surface area contributed by atoms with Crippen LogP contribution in [0.25, 0.3) is 11.3 Å². The Labute approximate surface area is 173 Å². The summed E-state index contributed by atoms with van der Waals surface area (Å²) in [5, 5.41) is 8.90. The molecule has 0 radical (unpaired) electrons. The Bertz CT molecular complexity index is 1030. The largest absolute Gasteiger partial charge is 0.352 e. The van der Waals surface area contributed by atoms with Gasteiger partial charge in [-0.2, -0.15) is 0 Å². The number of aromatic nitrogens is 2. The molecule has 0 saturated carbocycles. The number of aryl methyl sites for hydroxylation is 1. The summed E-state index contributed by atoms with van der Waals surface area (Å²) >= 11 is 6.03. The lowest BCUT2D eigenvalue weighted by atomic mass is 10.1. The average Bonchev–Trinajstić information content (AvgIpc) is 2.74. The average molecular weight is 411 g/mol. The number of piperazine rings is 1. The van der Waals surface area contributed by atoms with Crippen LogP contribution in [-0.2, 0) is 0 Å². The fourth-order valence-electron chi connectivity index (χ4n) is 3.47. The Morgan fingerprint density at radius 1 is 1.00 bits per heavy atom. The van der Waals surface area contributed by atoms with Crippen LogP contribution in [0, 0.1) is 12.7 Å². The summed E-state index contributed by atoms with van der Waals surface area (Å²) in [4.78, 5) is 16.5. The van der Waals surface area contributed by atoms with Gasteiger partial charge in [-0.1, -0.05) is 35.9 Å². The molecule has 29 heavy (non-hydrogen) atoms. The quantitative estimate of drug-likeness (QED) is 0.649. The van der Waals surface area contributed by atoms with E-state index < -0.39 is 5.82 Å². The summed E-state index contributed by atoms with van der Waals surface area (Å²) in [6.45, 7) is 4.40. The molecule has 7 heteroatoms. The fraction of sp³-hybridized carbons (Fsp3) is 0.227. The lowest BCUT2D eigenvalue weighted by Crippen LogP contribution is -2.49. The molecule has 0 spiro atoms. The van der Waals surface area contributed by atoms with Gasteiger partial charge in [0.2, 0.25) is 0 Å². The normalized spacial score (nSPS) is 14.2. The van der Waals surface area contributed by atoms with Crippen LogP contribution in [-0.4, -0.2) is 47.2 Å². The molecule has 148 valence electrons. The lowest BCUT2D eigenvalue weighted by Gasteiger charge is -2.35. The summed E-state index contributed by atoms with van der Waals surface area (Å²) in [5.74, 6) is 0.147. The van der Waals surface area contributed by atoms with Crippen molar-refractivity contribution in [3.63, 3.8) is 0 Å². The first-order chi connectivity index (χ1) is 14.0. The van der Waals surface area contributed by atoms with E-state index in [9.17, 15) is 9.18 Å². The third-order valence-electron chi connectivity index (χ3n) is 5.12. The zero-order valence-corrected chi connectivity index (χ0v) is 16.7. The molecule has 0 unspecified atom stereocenters. The minimum Gasteiger partial charge on any atom is -0.352 e. The standard InChI is InChI=1S/C22H20ClFN4O/c1-15-4-2-3-5-17(15)20-8-9-21(26-25-20)27-10-12-28(13-11-27)22(29)18-7-6-16(24)14-19(18)23/h2-9,14H,10-13H2,1H3. The number of benzene rings is 2. The van der Waals surface area contributed by atoms with Gasteiger partial charge in [-0.25, -0.2) is 4.39 Å². The summed E-state index contributed by atoms with van der Waals surface area (Å²) in [5.41, 5.74) is 3.38. The molecule has 4 rings (SSSR count). The van der Waals surface area contributed by atoms with Crippen LogP contribution in [0.15, 0.2) is 54.6 Å². The predicted octanol–water partition coefficient (Wildman–Crippen LogP) is 4.21. The van der Waals surface area contributed by atoms with Crippen LogP contribution in [0.2, 0.25) is 5.02 Å². The molecular weight excluding hydrogens is 391 g/mol. The van der Waals surface area contributed by atoms with Gasteiger partial charge in [-0.3, -0.25) is 4.79 Å². The molecule has 2 heterocycles. The highest BCUT2D eigenvalue weighted by Gasteiger charge is 2.24. The molecule has 2 aromatic carbocycles. The Kier molecular flexibility index (Phi) is 5.45. The highest BCUT2D eigenvalue weighted by atomic mass is 35.5. The minimum absolute atomic E-state index is 0.134. The van der Waals surface area contributed by atoms with Crippen LogP contribution in [0.4, 0.5) is 10.2 Å². The van der Waals surface area contributed by atoms with E-state index in [4.69, 9.17) is 11.6 Å². The van der Waals surface area contributed by atoms with Gasteiger partial charge in [-0.15, -0.1) is 10.2 Å². The van der Waals surface area contributed by atoms with E-state index in [1.165, 1.54) is 12.1 Å². The van der Waals surface area contributed by atoms with E-state index in [1.807, 2.05) is 30.3 Å². The monoisotopic (exact) mass is 410 g/mol. The second kappa shape index (κ2) is 8.17. The van der Waals surface area contributed by atoms with Crippen molar-refractivity contribution >= 4 is 23.3 Å². The summed E-state index contributed by atoms with van der Waals surface area (Å²) < 4.78 is 13.2. The first-order valence-electron chi connectivity index (χ1n) is 9.42. The first kappa shape index (κ1) is 19.3. The van der Waals surface area contributed by atoms with Crippen LogP contribution in [0.1, 0.15) is 15.9 Å². The zero-order valence-electron chi connectivity index (χ0n) is 16.0. The van der Waals surface area contributed by atoms with Crippen molar-refractivity contribution in [3.8, 4) is 11.3 Å². The number of amides is 1. The summed E-state index contributed by atoms with van der Waals surface area (Å²) in [7, 11) is 0. The van der Waals surface area contributed by atoms with Gasteiger partial charge < -0.3 is 9.80 Å². The fourth-order valence-corrected chi connectivity index (χ4v) is 3.72. The van der Waals surface area contributed by atoms with Crippen LogP contribution < -0.4 is 4.90 Å². The summed E-state index contributed by atoms with van der Waals surface area (Å²) in [6.07, 6.45) is 0. The second-order valence-corrected chi connectivity index (χ2v) is 7.40. The third-order valence-corrected chi connectivity index (χ3v) is 5.44. The maximum absolute atomic E-state index is 13.2. The van der Waals surface area contributed by atoms with Gasteiger partial charge in [0.15, 0.2) is 5.82 Å². The molecule has 1 aromatic heterocycles. The van der Waals surface area contributed by atoms with E-state index >= 15 is 0 Å². The minimum atomic E-state index is -0.455. The van der Waals surface area contributed by atoms with Crippen LogP contribution in [0.3, 0.4) is 0 Å². The first-order valence-corrected chi connectivity index (χ1v) is 9.80. The van der Waals surface area contributed by atoms with Gasteiger partial charge in [0.1, 0.15) is 5.82 Å². The van der Waals surface area contributed by atoms with Crippen molar-refractivity contribution in [3.05, 3.63) is 76.6 Å². The van der Waals surface area contributed by atoms with Gasteiger partial charge in [0.05, 0.1) is 16.3 Å². The number of hydrogen-bond acceptors (Lipinski definition) is 4. The van der Waals surface area contributed by atoms with Crippen molar-refractivity contribution in [2.45, 2.75) is 6.92 Å². The number of carbonyl (C=O) groups is 1. The molecule has 0 N–H and O–H groups in total. The van der Waals surface area contributed by atoms with Crippen molar-refractivity contribution in [1.29, 1.82) is 0 Å². The Hall–Kier alpha value is -2.99. The number of nitrogens with zero attached hydrogens (tertiary/aromatic N) is 4. The predicted molar refractivity (Wildman–Crippen MR) is 112 cm³/mol. The van der Waals surface area contributed by atoms with E-state index in [-0.39, 0.29) is 10.9 Å². The maximum atomic E-state index is 13.2. The second-order valence-electron chi connectivity index (χ2n) is 7.00. The number of rotatable bonds is 3. The molecule has 1 fully saturated rings. The van der Waals surface area contributed by atoms with E-state index in [2.05, 4.69) is 28.1 Å². The SMILES string of the molecule is Cc1ccccc1-c1ccc(N2CCN(C(=O)c3ccc(F)cc3Cl)CC2)nn1. The number of carbonyl (C=O) groups excluding carboxylic acids is 1. The topological polar surface area (TPSA) is 49.3 Å². The highest BCUT2D eigenvalue weighted by molar-refractivity contribution is 6.33. The lowest BCUT2D eigenvalue weighted by molar-refractivity contribution is 0.0746. The highest BCUT2D eigenvalue weighted by Crippen LogP contribution is 2.23. The van der Waals surface area contributed by atoms with E-state index in [1.54, 1.807) is 4.90 Å². The molecular formula is C22H20ClFN4O. The van der Waals surface area contributed by atoms with Crippen molar-refractivity contribution in [2.24, 2.45) is 0 Å². The van der Waals surface area contributed by atoms with Crippen molar-refractivity contribution in [2.75, 3.05) is 31.1 Å². The molecule has 1 saturated heterocycles. The molecule has 1 aliphatic heterocycles. The number of halogens is 2. The summed E-state index contributed by atoms with van der Waals surface area (Å²) in [6, 6.07) is 15.9. The van der Waals surface area contributed by atoms with Gasteiger partial charge in [0, 0.05) is 31.7 Å². The third kappa shape index (κ3) is 4.07. The van der Waals surface area contributed by atoms with Crippen molar-refractivity contribution in [1.82, 2.24) is 15.1 Å². The molecule has 1 amide bonds. The van der Waals surface area contributed by atoms with Gasteiger partial charge in [0.25, 0.3) is 5.91 Å². The van der Waals surface area contributed by atoms with E-state index in [0.29, 0.717) is 31.7 Å². The van der Waals surface area contributed by atoms with Crippen LogP contribution >= 0.6 is 11.6 Å². The van der Waals surface area contributed by atoms with Crippen LogP contribution in [0.5, 0.6) is 0 Å². The zero-order chi connectivity index (χ0) is 20.4. The van der Waals surface area contributed by atoms with E-state index in [0.717, 1.165) is 28.7 Å². The molecule has 0 aliphatic carbocycles. The molecule has 0 atom stereocenters. The molecule has 0 bridgehead atoms. The maximum Gasteiger partial charge on any atom is 0.255 e. The Morgan fingerprint density at radius 2 is 1.76 bits per heavy atom. The Morgan fingerprint density at radius 3 is 2.41 bits per heavy atom. The molecule has 1 aliphatic rings. The molecule has 3 aromatic rings.